The number of hydrogen-bond acceptors (Lipinski definition) is 4. The molecule has 1 saturated carbocycles. The molecule has 1 aliphatic rings. The predicted octanol–water partition coefficient (Wildman–Crippen LogP) is 3.22. The number of hydrogen-bond donors (Lipinski definition) is 4. The van der Waals surface area contributed by atoms with Gasteiger partial charge in [0.05, 0.1) is 29.1 Å². The van der Waals surface area contributed by atoms with E-state index >= 15 is 0 Å². The number of rotatable bonds is 7. The van der Waals surface area contributed by atoms with Crippen LogP contribution in [-0.4, -0.2) is 31.7 Å². The van der Waals surface area contributed by atoms with E-state index in [0.717, 1.165) is 29.4 Å². The molecule has 1 heterocycles. The van der Waals surface area contributed by atoms with E-state index in [1.807, 2.05) is 36.4 Å². The van der Waals surface area contributed by atoms with Crippen LogP contribution in [0.25, 0.3) is 11.0 Å². The van der Waals surface area contributed by atoms with Crippen LogP contribution in [-0.2, 0) is 11.2 Å². The normalized spacial score (nSPS) is 17.2. The first-order valence-corrected chi connectivity index (χ1v) is 9.65. The zero-order chi connectivity index (χ0) is 19.7. The van der Waals surface area contributed by atoms with Gasteiger partial charge < -0.3 is 20.5 Å². The molecule has 6 heteroatoms. The molecule has 1 amide bonds. The molecule has 1 aliphatic carbocycles. The summed E-state index contributed by atoms with van der Waals surface area (Å²) in [5, 5.41) is 23.1. The summed E-state index contributed by atoms with van der Waals surface area (Å²) < 4.78 is 0. The number of fused-ring (bicyclic) bond motifs is 1. The second-order valence-corrected chi connectivity index (χ2v) is 7.94. The van der Waals surface area contributed by atoms with Gasteiger partial charge in [0.25, 0.3) is 0 Å². The van der Waals surface area contributed by atoms with Gasteiger partial charge in [-0.1, -0.05) is 24.3 Å². The van der Waals surface area contributed by atoms with E-state index in [1.165, 1.54) is 0 Å². The maximum Gasteiger partial charge on any atom is 0.223 e. The van der Waals surface area contributed by atoms with Crippen LogP contribution < -0.4 is 5.32 Å². The van der Waals surface area contributed by atoms with Crippen LogP contribution in [0, 0.1) is 5.92 Å². The Balaban J connectivity index is 1.56. The molecule has 0 spiro atoms. The van der Waals surface area contributed by atoms with Crippen molar-refractivity contribution in [3.05, 3.63) is 59.9 Å². The Morgan fingerprint density at radius 2 is 1.96 bits per heavy atom. The fourth-order valence-electron chi connectivity index (χ4n) is 3.64. The number of H-pyrrole nitrogens is 1. The first kappa shape index (κ1) is 18.5. The van der Waals surface area contributed by atoms with Crippen LogP contribution in [0.15, 0.2) is 48.5 Å². The van der Waals surface area contributed by atoms with Crippen LogP contribution in [0.5, 0.6) is 5.75 Å². The van der Waals surface area contributed by atoms with Gasteiger partial charge in [0.1, 0.15) is 11.6 Å². The van der Waals surface area contributed by atoms with Gasteiger partial charge in [0.15, 0.2) is 0 Å². The number of aromatic hydroxyl groups is 1. The zero-order valence-corrected chi connectivity index (χ0v) is 15.9. The van der Waals surface area contributed by atoms with Crippen molar-refractivity contribution >= 4 is 16.9 Å². The lowest BCUT2D eigenvalue weighted by molar-refractivity contribution is -0.127. The van der Waals surface area contributed by atoms with E-state index in [2.05, 4.69) is 15.3 Å². The molecule has 2 aromatic carbocycles. The first-order valence-electron chi connectivity index (χ1n) is 9.65. The number of nitrogens with one attached hydrogen (secondary N) is 2. The lowest BCUT2D eigenvalue weighted by Gasteiger charge is -2.24. The molecule has 0 saturated heterocycles. The van der Waals surface area contributed by atoms with Crippen molar-refractivity contribution in [1.82, 2.24) is 15.3 Å². The molecular weight excluding hydrogens is 354 g/mol. The lowest BCUT2D eigenvalue weighted by atomic mass is 9.95. The highest BCUT2D eigenvalue weighted by molar-refractivity contribution is 5.78. The summed E-state index contributed by atoms with van der Waals surface area (Å²) in [6.07, 6.45) is 2.54. The average molecular weight is 379 g/mol. The summed E-state index contributed by atoms with van der Waals surface area (Å²) in [4.78, 5) is 20.6. The van der Waals surface area contributed by atoms with Gasteiger partial charge in [-0.05, 0) is 61.9 Å². The smallest absolute Gasteiger partial charge is 0.223 e. The number of benzene rings is 2. The first-order chi connectivity index (χ1) is 13.4. The molecule has 0 radical (unpaired) electrons. The second kappa shape index (κ2) is 7.28. The molecule has 6 nitrogen and oxygen atoms in total. The third-order valence-electron chi connectivity index (χ3n) is 5.42. The molecular formula is C22H25N3O3. The molecule has 0 bridgehead atoms. The Morgan fingerprint density at radius 3 is 2.64 bits per heavy atom. The minimum absolute atomic E-state index is 0.0734. The van der Waals surface area contributed by atoms with E-state index in [1.54, 1.807) is 19.1 Å². The van der Waals surface area contributed by atoms with E-state index < -0.39 is 5.60 Å². The molecule has 2 atom stereocenters. The highest BCUT2D eigenvalue weighted by atomic mass is 16.3. The monoisotopic (exact) mass is 379 g/mol. The number of phenolic OH excluding ortho intramolecular Hbond substituents is 1. The van der Waals surface area contributed by atoms with Crippen molar-refractivity contribution in [2.24, 2.45) is 5.92 Å². The van der Waals surface area contributed by atoms with E-state index in [-0.39, 0.29) is 30.0 Å². The number of imidazole rings is 1. The number of amides is 1. The van der Waals surface area contributed by atoms with Crippen molar-refractivity contribution in [3.63, 3.8) is 0 Å². The number of nitrogens with zero attached hydrogens (tertiary/aromatic N) is 1. The van der Waals surface area contributed by atoms with Gasteiger partial charge in [-0.3, -0.25) is 4.79 Å². The number of aromatic nitrogens is 2. The zero-order valence-electron chi connectivity index (χ0n) is 15.9. The topological polar surface area (TPSA) is 98.2 Å². The summed E-state index contributed by atoms with van der Waals surface area (Å²) >= 11 is 0. The van der Waals surface area contributed by atoms with Crippen LogP contribution in [0.3, 0.4) is 0 Å². The summed E-state index contributed by atoms with van der Waals surface area (Å²) in [6, 6.07) is 14.3. The number of aliphatic hydroxyl groups is 1. The Labute approximate surface area is 163 Å². The Kier molecular flexibility index (Phi) is 4.81. The van der Waals surface area contributed by atoms with Gasteiger partial charge in [0, 0.05) is 0 Å². The van der Waals surface area contributed by atoms with E-state index in [0.29, 0.717) is 12.2 Å². The number of aromatic amines is 1. The molecule has 28 heavy (non-hydrogen) atoms. The van der Waals surface area contributed by atoms with Gasteiger partial charge in [-0.2, -0.15) is 0 Å². The van der Waals surface area contributed by atoms with Gasteiger partial charge in [0.2, 0.25) is 5.91 Å². The number of para-hydroxylation sites is 2. The third-order valence-corrected chi connectivity index (χ3v) is 5.42. The molecule has 4 rings (SSSR count). The maximum atomic E-state index is 12.7. The van der Waals surface area contributed by atoms with Crippen molar-refractivity contribution in [2.45, 2.75) is 44.2 Å². The van der Waals surface area contributed by atoms with Crippen LogP contribution in [0.1, 0.15) is 43.6 Å². The third kappa shape index (κ3) is 4.17. The Bertz CT molecular complexity index is 941. The fourth-order valence-corrected chi connectivity index (χ4v) is 3.64. The quantitative estimate of drug-likeness (QED) is 0.507. The lowest BCUT2D eigenvalue weighted by Crippen LogP contribution is -2.38. The molecule has 3 aromatic rings. The highest BCUT2D eigenvalue weighted by Gasteiger charge is 2.41. The number of carbonyl (C=O) groups is 1. The van der Waals surface area contributed by atoms with E-state index in [9.17, 15) is 15.0 Å². The molecule has 1 aromatic heterocycles. The standard InChI is InChI=1S/C22H25N3O3/c1-22(28,15-8-9-15)13-20(27)23-19(12-14-6-10-16(26)11-7-14)21-24-17-4-2-3-5-18(17)25-21/h2-7,10-11,15,19,26,28H,8-9,12-13H2,1H3,(H,23,27)(H,24,25). The van der Waals surface area contributed by atoms with Crippen LogP contribution in [0.2, 0.25) is 0 Å². The van der Waals surface area contributed by atoms with Crippen LogP contribution >= 0.6 is 0 Å². The van der Waals surface area contributed by atoms with Gasteiger partial charge in [-0.15, -0.1) is 0 Å². The second-order valence-electron chi connectivity index (χ2n) is 7.94. The minimum Gasteiger partial charge on any atom is -0.508 e. The molecule has 146 valence electrons. The van der Waals surface area contributed by atoms with Gasteiger partial charge in [-0.25, -0.2) is 4.98 Å². The summed E-state index contributed by atoms with van der Waals surface area (Å²) in [5.74, 6) is 0.892. The van der Waals surface area contributed by atoms with Crippen molar-refractivity contribution in [3.8, 4) is 5.75 Å². The Hall–Kier alpha value is -2.86. The van der Waals surface area contributed by atoms with Crippen LogP contribution in [0.4, 0.5) is 0 Å². The molecule has 1 fully saturated rings. The fraction of sp³-hybridized carbons (Fsp3) is 0.364. The summed E-state index contributed by atoms with van der Waals surface area (Å²) in [6.45, 7) is 1.74. The SMILES string of the molecule is CC(O)(CC(=O)NC(Cc1ccc(O)cc1)c1nc2ccccc2[nH]1)C1CC1. The molecule has 2 unspecified atom stereocenters. The highest BCUT2D eigenvalue weighted by Crippen LogP contribution is 2.41. The largest absolute Gasteiger partial charge is 0.508 e. The number of phenols is 1. The Morgan fingerprint density at radius 1 is 1.25 bits per heavy atom. The molecule has 4 N–H and O–H groups in total. The van der Waals surface area contributed by atoms with Crippen molar-refractivity contribution in [2.75, 3.05) is 0 Å². The van der Waals surface area contributed by atoms with E-state index in [4.69, 9.17) is 0 Å². The summed E-state index contributed by atoms with van der Waals surface area (Å²) in [7, 11) is 0. The maximum absolute atomic E-state index is 12.7. The minimum atomic E-state index is -0.971. The summed E-state index contributed by atoms with van der Waals surface area (Å²) in [5.41, 5.74) is 1.75. The van der Waals surface area contributed by atoms with Gasteiger partial charge >= 0.3 is 0 Å². The predicted molar refractivity (Wildman–Crippen MR) is 107 cm³/mol. The van der Waals surface area contributed by atoms with Crippen molar-refractivity contribution < 1.29 is 15.0 Å². The van der Waals surface area contributed by atoms with Crippen molar-refractivity contribution in [1.29, 1.82) is 0 Å². The molecule has 0 aliphatic heterocycles. The number of carbonyl (C=O) groups excluding carboxylic acids is 1. The average Bonchev–Trinajstić information content (AvgIpc) is 3.43.